The van der Waals surface area contributed by atoms with Gasteiger partial charge in [-0.1, -0.05) is 0 Å². The number of aromatic nitrogens is 1. The van der Waals surface area contributed by atoms with E-state index in [1.807, 2.05) is 0 Å². The van der Waals surface area contributed by atoms with Gasteiger partial charge in [0.25, 0.3) is 0 Å². The van der Waals surface area contributed by atoms with Crippen LogP contribution in [-0.2, 0) is 11.0 Å². The van der Waals surface area contributed by atoms with Gasteiger partial charge in [-0.3, -0.25) is 14.9 Å². The maximum Gasteiger partial charge on any atom is 0.433 e. The quantitative estimate of drug-likeness (QED) is 0.678. The summed E-state index contributed by atoms with van der Waals surface area (Å²) in [5.41, 5.74) is -1.92. The minimum Gasteiger partial charge on any atom is -0.481 e. The molecular weight excluding hydrogens is 307 g/mol. The third-order valence-electron chi connectivity index (χ3n) is 3.53. The van der Waals surface area contributed by atoms with Crippen molar-refractivity contribution in [3.8, 4) is 0 Å². The van der Waals surface area contributed by atoms with E-state index < -0.39 is 34.4 Å². The fourth-order valence-electron chi connectivity index (χ4n) is 2.35. The maximum atomic E-state index is 12.7. The Morgan fingerprint density at radius 1 is 1.41 bits per heavy atom. The second-order valence-electron chi connectivity index (χ2n) is 4.91. The van der Waals surface area contributed by atoms with Crippen molar-refractivity contribution in [3.63, 3.8) is 0 Å². The van der Waals surface area contributed by atoms with E-state index in [1.54, 1.807) is 0 Å². The van der Waals surface area contributed by atoms with Crippen LogP contribution >= 0.6 is 0 Å². The molecule has 1 aromatic rings. The average molecular weight is 319 g/mol. The zero-order valence-electron chi connectivity index (χ0n) is 11.2. The molecule has 1 aliphatic heterocycles. The molecule has 0 spiro atoms. The van der Waals surface area contributed by atoms with Crippen LogP contribution in [0.4, 0.5) is 24.5 Å². The van der Waals surface area contributed by atoms with E-state index in [1.165, 1.54) is 4.90 Å². The highest BCUT2D eigenvalue weighted by molar-refractivity contribution is 5.71. The first-order chi connectivity index (χ1) is 10.2. The highest BCUT2D eigenvalue weighted by Crippen LogP contribution is 2.36. The number of rotatable bonds is 3. The van der Waals surface area contributed by atoms with Gasteiger partial charge in [-0.05, 0) is 18.9 Å². The summed E-state index contributed by atoms with van der Waals surface area (Å²) in [5.74, 6) is -1.56. The Morgan fingerprint density at radius 3 is 2.45 bits per heavy atom. The maximum absolute atomic E-state index is 12.7. The van der Waals surface area contributed by atoms with Crippen LogP contribution in [0.5, 0.6) is 0 Å². The molecule has 0 aliphatic carbocycles. The number of alkyl halides is 3. The van der Waals surface area contributed by atoms with Gasteiger partial charge in [0.1, 0.15) is 17.6 Å². The molecule has 10 heteroatoms. The van der Waals surface area contributed by atoms with Crippen molar-refractivity contribution < 1.29 is 28.0 Å². The molecule has 2 rings (SSSR count). The number of carboxylic acid groups (broad SMARTS) is 1. The van der Waals surface area contributed by atoms with Crippen LogP contribution in [0.1, 0.15) is 18.5 Å². The fourth-order valence-corrected chi connectivity index (χ4v) is 2.35. The Bertz CT molecular complexity index is 598. The number of hydrogen-bond donors (Lipinski definition) is 1. The summed E-state index contributed by atoms with van der Waals surface area (Å²) in [7, 11) is 0. The van der Waals surface area contributed by atoms with E-state index in [0.29, 0.717) is 12.3 Å². The molecule has 0 radical (unpaired) electrons. The lowest BCUT2D eigenvalue weighted by atomic mass is 9.96. The van der Waals surface area contributed by atoms with Gasteiger partial charge in [-0.2, -0.15) is 13.2 Å². The van der Waals surface area contributed by atoms with E-state index in [2.05, 4.69) is 4.98 Å². The molecular formula is C12H12F3N3O4. The number of nitrogens with zero attached hydrogens (tertiary/aromatic N) is 3. The molecule has 0 unspecified atom stereocenters. The van der Waals surface area contributed by atoms with E-state index in [4.69, 9.17) is 5.11 Å². The van der Waals surface area contributed by atoms with Gasteiger partial charge in [0.15, 0.2) is 0 Å². The Morgan fingerprint density at radius 2 is 2.00 bits per heavy atom. The molecule has 22 heavy (non-hydrogen) atoms. The molecule has 1 N–H and O–H groups in total. The SMILES string of the molecule is O=C(O)C1CCN(c2cc(C(F)(F)F)ncc2[N+](=O)[O-])CC1. The minimum absolute atomic E-state index is 0.138. The number of pyridine rings is 1. The highest BCUT2D eigenvalue weighted by Gasteiger charge is 2.36. The van der Waals surface area contributed by atoms with Crippen LogP contribution in [0, 0.1) is 16.0 Å². The third kappa shape index (κ3) is 3.26. The van der Waals surface area contributed by atoms with Crippen LogP contribution in [0.2, 0.25) is 0 Å². The molecule has 0 atom stereocenters. The average Bonchev–Trinajstić information content (AvgIpc) is 2.45. The van der Waals surface area contributed by atoms with Crippen molar-refractivity contribution in [1.29, 1.82) is 0 Å². The topological polar surface area (TPSA) is 96.6 Å². The molecule has 0 bridgehead atoms. The predicted molar refractivity (Wildman–Crippen MR) is 68.5 cm³/mol. The summed E-state index contributed by atoms with van der Waals surface area (Å²) in [6.07, 6.45) is -3.68. The molecule has 0 amide bonds. The van der Waals surface area contributed by atoms with Crippen LogP contribution in [0.3, 0.4) is 0 Å². The smallest absolute Gasteiger partial charge is 0.433 e. The first kappa shape index (κ1) is 16.0. The molecule has 1 aliphatic rings. The molecule has 0 aromatic carbocycles. The molecule has 1 saturated heterocycles. The minimum atomic E-state index is -4.71. The largest absolute Gasteiger partial charge is 0.481 e. The Kier molecular flexibility index (Phi) is 4.20. The Hall–Kier alpha value is -2.39. The monoisotopic (exact) mass is 319 g/mol. The lowest BCUT2D eigenvalue weighted by Gasteiger charge is -2.31. The zero-order chi connectivity index (χ0) is 16.5. The first-order valence-corrected chi connectivity index (χ1v) is 6.39. The molecule has 7 nitrogen and oxygen atoms in total. The van der Waals surface area contributed by atoms with Gasteiger partial charge in [0, 0.05) is 13.1 Å². The Balaban J connectivity index is 2.32. The normalized spacial score (nSPS) is 16.6. The summed E-state index contributed by atoms with van der Waals surface area (Å²) >= 11 is 0. The van der Waals surface area contributed by atoms with Gasteiger partial charge in [-0.15, -0.1) is 0 Å². The molecule has 2 heterocycles. The number of halogens is 3. The lowest BCUT2D eigenvalue weighted by Crippen LogP contribution is -2.36. The van der Waals surface area contributed by atoms with Crippen LogP contribution < -0.4 is 4.90 Å². The van der Waals surface area contributed by atoms with Crippen molar-refractivity contribution in [2.45, 2.75) is 19.0 Å². The van der Waals surface area contributed by atoms with E-state index in [-0.39, 0.29) is 31.6 Å². The summed E-state index contributed by atoms with van der Waals surface area (Å²) in [5, 5.41) is 19.9. The molecule has 120 valence electrons. The van der Waals surface area contributed by atoms with E-state index >= 15 is 0 Å². The molecule has 0 saturated carbocycles. The van der Waals surface area contributed by atoms with Crippen molar-refractivity contribution in [1.82, 2.24) is 4.98 Å². The van der Waals surface area contributed by atoms with Crippen LogP contribution in [0.15, 0.2) is 12.3 Å². The molecule has 1 fully saturated rings. The van der Waals surface area contributed by atoms with Crippen molar-refractivity contribution in [2.75, 3.05) is 18.0 Å². The van der Waals surface area contributed by atoms with Gasteiger partial charge < -0.3 is 10.0 Å². The second kappa shape index (κ2) is 5.78. The zero-order valence-corrected chi connectivity index (χ0v) is 11.2. The van der Waals surface area contributed by atoms with Crippen LogP contribution in [-0.4, -0.2) is 34.1 Å². The third-order valence-corrected chi connectivity index (χ3v) is 3.53. The summed E-state index contributed by atoms with van der Waals surface area (Å²) < 4.78 is 38.1. The van der Waals surface area contributed by atoms with E-state index in [0.717, 1.165) is 0 Å². The number of nitro groups is 1. The summed E-state index contributed by atoms with van der Waals surface area (Å²) in [4.78, 5) is 25.5. The van der Waals surface area contributed by atoms with Crippen LogP contribution in [0.25, 0.3) is 0 Å². The first-order valence-electron chi connectivity index (χ1n) is 6.39. The van der Waals surface area contributed by atoms with Gasteiger partial charge in [0.2, 0.25) is 0 Å². The highest BCUT2D eigenvalue weighted by atomic mass is 19.4. The number of aliphatic carboxylic acids is 1. The van der Waals surface area contributed by atoms with Crippen molar-refractivity contribution in [3.05, 3.63) is 28.1 Å². The number of carboxylic acids is 1. The predicted octanol–water partition coefficient (Wildman–Crippen LogP) is 2.31. The van der Waals surface area contributed by atoms with Crippen molar-refractivity contribution >= 4 is 17.3 Å². The number of hydrogen-bond acceptors (Lipinski definition) is 5. The number of anilines is 1. The van der Waals surface area contributed by atoms with Crippen molar-refractivity contribution in [2.24, 2.45) is 5.92 Å². The van der Waals surface area contributed by atoms with E-state index in [9.17, 15) is 28.1 Å². The van der Waals surface area contributed by atoms with Gasteiger partial charge in [-0.25, -0.2) is 4.98 Å². The second-order valence-corrected chi connectivity index (χ2v) is 4.91. The molecule has 1 aromatic heterocycles. The summed E-state index contributed by atoms with van der Waals surface area (Å²) in [6.45, 7) is 0.276. The van der Waals surface area contributed by atoms with Gasteiger partial charge in [0.05, 0.1) is 10.8 Å². The number of piperidine rings is 1. The Labute approximate surface area is 122 Å². The summed E-state index contributed by atoms with van der Waals surface area (Å²) in [6, 6.07) is 0.638. The standard InChI is InChI=1S/C12H12F3N3O4/c13-12(14,15)10-5-8(9(6-16-10)18(21)22)17-3-1-7(2-4-17)11(19)20/h5-7H,1-4H2,(H,19,20). The lowest BCUT2D eigenvalue weighted by molar-refractivity contribution is -0.384. The van der Waals surface area contributed by atoms with Gasteiger partial charge >= 0.3 is 17.8 Å². The number of carbonyl (C=O) groups is 1. The fraction of sp³-hybridized carbons (Fsp3) is 0.500.